The topological polar surface area (TPSA) is 67.4 Å². The van der Waals surface area contributed by atoms with Crippen LogP contribution in [0.3, 0.4) is 0 Å². The first kappa shape index (κ1) is 12.9. The molecule has 0 radical (unpaired) electrons. The van der Waals surface area contributed by atoms with Crippen LogP contribution in [0.1, 0.15) is 11.4 Å². The van der Waals surface area contributed by atoms with E-state index in [1.165, 1.54) is 12.3 Å². The molecule has 0 aromatic carbocycles. The number of pyridine rings is 2. The Kier molecular flexibility index (Phi) is 3.05. The largest absolute Gasteiger partial charge is 0.279 e. The molecule has 3 aromatic heterocycles. The van der Waals surface area contributed by atoms with E-state index in [1.54, 1.807) is 16.7 Å². The summed E-state index contributed by atoms with van der Waals surface area (Å²) in [6.45, 7) is 1.82. The highest BCUT2D eigenvalue weighted by molar-refractivity contribution is 6.31. The molecule has 0 N–H and O–H groups in total. The number of hydrogen-bond acceptors (Lipinski definition) is 4. The van der Waals surface area contributed by atoms with Crippen LogP contribution in [0, 0.1) is 18.3 Å². The Morgan fingerprint density at radius 3 is 2.75 bits per heavy atom. The van der Waals surface area contributed by atoms with Crippen molar-refractivity contribution >= 4 is 34.4 Å². The lowest BCUT2D eigenvalue weighted by atomic mass is 10.3. The average molecular weight is 304 g/mol. The predicted octanol–water partition coefficient (Wildman–Crippen LogP) is 3.30. The van der Waals surface area contributed by atoms with Crippen LogP contribution >= 0.6 is 23.2 Å². The fourth-order valence-electron chi connectivity index (χ4n) is 2.00. The number of aromatic nitrogens is 4. The van der Waals surface area contributed by atoms with Gasteiger partial charge in [-0.3, -0.25) is 4.57 Å². The lowest BCUT2D eigenvalue weighted by Crippen LogP contribution is -2.01. The Morgan fingerprint density at radius 1 is 1.20 bits per heavy atom. The minimum Gasteiger partial charge on any atom is -0.279 e. The molecule has 0 saturated carbocycles. The van der Waals surface area contributed by atoms with Gasteiger partial charge in [-0.1, -0.05) is 23.2 Å². The van der Waals surface area contributed by atoms with Gasteiger partial charge in [-0.05, 0) is 25.1 Å². The minimum absolute atomic E-state index is 0.246. The minimum atomic E-state index is 0.246. The molecule has 7 heteroatoms. The van der Waals surface area contributed by atoms with Crippen molar-refractivity contribution in [3.8, 4) is 11.9 Å². The van der Waals surface area contributed by atoms with Crippen LogP contribution in [-0.4, -0.2) is 19.5 Å². The zero-order valence-corrected chi connectivity index (χ0v) is 11.8. The highest BCUT2D eigenvalue weighted by Gasteiger charge is 2.13. The first-order chi connectivity index (χ1) is 9.58. The van der Waals surface area contributed by atoms with E-state index in [2.05, 4.69) is 15.0 Å². The van der Waals surface area contributed by atoms with Crippen LogP contribution in [0.5, 0.6) is 0 Å². The standard InChI is InChI=1S/C13H7Cl2N5/c1-7-18-13-10(4-9(14)6-17-13)20(7)12-3-8(5-16)2-11(15)19-12/h2-4,6H,1H3. The second-order valence-electron chi connectivity index (χ2n) is 4.14. The fraction of sp³-hybridized carbons (Fsp3) is 0.0769. The van der Waals surface area contributed by atoms with Crippen molar-refractivity contribution < 1.29 is 0 Å². The Labute approximate surface area is 124 Å². The SMILES string of the molecule is Cc1nc2ncc(Cl)cc2n1-c1cc(C#N)cc(Cl)n1. The number of fused-ring (bicyclic) bond motifs is 1. The maximum absolute atomic E-state index is 9.02. The summed E-state index contributed by atoms with van der Waals surface area (Å²) in [5.41, 5.74) is 1.71. The average Bonchev–Trinajstić information content (AvgIpc) is 2.73. The zero-order valence-electron chi connectivity index (χ0n) is 10.3. The maximum atomic E-state index is 9.02. The number of aryl methyl sites for hydroxylation is 1. The van der Waals surface area contributed by atoms with E-state index < -0.39 is 0 Å². The third-order valence-electron chi connectivity index (χ3n) is 2.78. The third kappa shape index (κ3) is 2.09. The lowest BCUT2D eigenvalue weighted by molar-refractivity contribution is 0.955. The summed E-state index contributed by atoms with van der Waals surface area (Å²) in [6, 6.07) is 6.94. The highest BCUT2D eigenvalue weighted by Crippen LogP contribution is 2.23. The van der Waals surface area contributed by atoms with Crippen molar-refractivity contribution in [2.75, 3.05) is 0 Å². The van der Waals surface area contributed by atoms with Crippen LogP contribution in [0.4, 0.5) is 0 Å². The summed E-state index contributed by atoms with van der Waals surface area (Å²) in [6.07, 6.45) is 1.53. The molecule has 20 heavy (non-hydrogen) atoms. The van der Waals surface area contributed by atoms with Crippen LogP contribution in [-0.2, 0) is 0 Å². The molecule has 0 unspecified atom stereocenters. The fourth-order valence-corrected chi connectivity index (χ4v) is 2.36. The first-order valence-electron chi connectivity index (χ1n) is 5.67. The second-order valence-corrected chi connectivity index (χ2v) is 4.96. The number of hydrogen-bond donors (Lipinski definition) is 0. The van der Waals surface area contributed by atoms with Gasteiger partial charge >= 0.3 is 0 Å². The van der Waals surface area contributed by atoms with E-state index in [4.69, 9.17) is 28.5 Å². The van der Waals surface area contributed by atoms with Gasteiger partial charge in [0.05, 0.1) is 22.2 Å². The summed E-state index contributed by atoms with van der Waals surface area (Å²) < 4.78 is 1.76. The van der Waals surface area contributed by atoms with Gasteiger partial charge in [-0.25, -0.2) is 15.0 Å². The summed E-state index contributed by atoms with van der Waals surface area (Å²) in [7, 11) is 0. The zero-order chi connectivity index (χ0) is 14.3. The van der Waals surface area contributed by atoms with E-state index in [-0.39, 0.29) is 5.15 Å². The van der Waals surface area contributed by atoms with Gasteiger partial charge in [0.15, 0.2) is 5.65 Å². The molecule has 0 atom stereocenters. The van der Waals surface area contributed by atoms with Crippen LogP contribution in [0.2, 0.25) is 10.2 Å². The summed E-state index contributed by atoms with van der Waals surface area (Å²) in [4.78, 5) is 12.7. The molecule has 3 rings (SSSR count). The molecular formula is C13H7Cl2N5. The monoisotopic (exact) mass is 303 g/mol. The number of rotatable bonds is 1. The molecule has 5 nitrogen and oxygen atoms in total. The molecule has 0 spiro atoms. The molecule has 98 valence electrons. The van der Waals surface area contributed by atoms with Crippen LogP contribution in [0.15, 0.2) is 24.4 Å². The molecule has 0 fully saturated rings. The highest BCUT2D eigenvalue weighted by atomic mass is 35.5. The Morgan fingerprint density at radius 2 is 2.00 bits per heavy atom. The first-order valence-corrected chi connectivity index (χ1v) is 6.43. The van der Waals surface area contributed by atoms with Crippen molar-refractivity contribution in [1.82, 2.24) is 19.5 Å². The molecule has 0 aliphatic carbocycles. The summed E-state index contributed by atoms with van der Waals surface area (Å²) in [5.74, 6) is 1.20. The Balaban J connectivity index is 2.34. The van der Waals surface area contributed by atoms with Crippen LogP contribution < -0.4 is 0 Å². The molecule has 0 saturated heterocycles. The molecule has 0 amide bonds. The molecule has 0 aliphatic rings. The third-order valence-corrected chi connectivity index (χ3v) is 3.19. The van der Waals surface area contributed by atoms with E-state index >= 15 is 0 Å². The van der Waals surface area contributed by atoms with Crippen molar-refractivity contribution in [2.45, 2.75) is 6.92 Å². The molecule has 3 heterocycles. The number of nitriles is 1. The van der Waals surface area contributed by atoms with Gasteiger partial charge in [0, 0.05) is 6.20 Å². The number of imidazole rings is 1. The van der Waals surface area contributed by atoms with Gasteiger partial charge in [0.2, 0.25) is 0 Å². The predicted molar refractivity (Wildman–Crippen MR) is 76.1 cm³/mol. The van der Waals surface area contributed by atoms with Crippen molar-refractivity contribution in [2.24, 2.45) is 0 Å². The normalized spacial score (nSPS) is 10.7. The number of halogens is 2. The van der Waals surface area contributed by atoms with Crippen LogP contribution in [0.25, 0.3) is 17.0 Å². The van der Waals surface area contributed by atoms with E-state index in [1.807, 2.05) is 13.0 Å². The van der Waals surface area contributed by atoms with Gasteiger partial charge in [-0.2, -0.15) is 5.26 Å². The van der Waals surface area contributed by atoms with E-state index in [0.717, 1.165) is 0 Å². The van der Waals surface area contributed by atoms with Gasteiger partial charge in [0.25, 0.3) is 0 Å². The summed E-state index contributed by atoms with van der Waals surface area (Å²) in [5, 5.41) is 9.76. The van der Waals surface area contributed by atoms with Gasteiger partial charge < -0.3 is 0 Å². The molecule has 0 aliphatic heterocycles. The van der Waals surface area contributed by atoms with Crippen molar-refractivity contribution in [3.05, 3.63) is 46.0 Å². The smallest absolute Gasteiger partial charge is 0.178 e. The molecule has 3 aromatic rings. The van der Waals surface area contributed by atoms with E-state index in [9.17, 15) is 0 Å². The second kappa shape index (κ2) is 4.75. The van der Waals surface area contributed by atoms with Crippen molar-refractivity contribution in [3.63, 3.8) is 0 Å². The quantitative estimate of drug-likeness (QED) is 0.647. The number of nitrogens with zero attached hydrogens (tertiary/aromatic N) is 5. The summed E-state index contributed by atoms with van der Waals surface area (Å²) >= 11 is 11.9. The Hall–Kier alpha value is -2.16. The van der Waals surface area contributed by atoms with Gasteiger partial charge in [-0.15, -0.1) is 0 Å². The Bertz CT molecular complexity index is 863. The molecule has 0 bridgehead atoms. The maximum Gasteiger partial charge on any atom is 0.178 e. The van der Waals surface area contributed by atoms with E-state index in [0.29, 0.717) is 33.4 Å². The lowest BCUT2D eigenvalue weighted by Gasteiger charge is -2.06. The molecular weight excluding hydrogens is 297 g/mol. The van der Waals surface area contributed by atoms with Crippen molar-refractivity contribution in [1.29, 1.82) is 5.26 Å². The van der Waals surface area contributed by atoms with Gasteiger partial charge in [0.1, 0.15) is 16.8 Å².